The largest absolute Gasteiger partial charge is 0.508 e. The standard InChI is InChI=1S/C18H22N4O/c1-21-8-10-22(11-9-21)14-4-7-16-17(12-14)20-18(19-16)13-2-5-15(23)6-3-13/h2-7,12,18-20,23H,8-11H2,1H3. The van der Waals surface area contributed by atoms with E-state index in [2.05, 4.69) is 45.7 Å². The summed E-state index contributed by atoms with van der Waals surface area (Å²) in [5.74, 6) is 0.293. The molecule has 2 aromatic rings. The average molecular weight is 310 g/mol. The van der Waals surface area contributed by atoms with Gasteiger partial charge in [0.15, 0.2) is 0 Å². The van der Waals surface area contributed by atoms with Crippen molar-refractivity contribution in [3.05, 3.63) is 48.0 Å². The fourth-order valence-electron chi connectivity index (χ4n) is 3.22. The van der Waals surface area contributed by atoms with Crippen LogP contribution in [-0.4, -0.2) is 43.2 Å². The van der Waals surface area contributed by atoms with E-state index in [1.165, 1.54) is 5.69 Å². The van der Waals surface area contributed by atoms with Crippen molar-refractivity contribution in [1.29, 1.82) is 0 Å². The van der Waals surface area contributed by atoms with Crippen LogP contribution in [0.5, 0.6) is 5.75 Å². The Kier molecular flexibility index (Phi) is 3.50. The van der Waals surface area contributed by atoms with Gasteiger partial charge in [0, 0.05) is 31.9 Å². The molecule has 1 fully saturated rings. The van der Waals surface area contributed by atoms with Gasteiger partial charge in [0.1, 0.15) is 11.9 Å². The van der Waals surface area contributed by atoms with Gasteiger partial charge in [-0.25, -0.2) is 0 Å². The lowest BCUT2D eigenvalue weighted by atomic mass is 10.2. The number of phenolic OH excluding ortho intramolecular Hbond substituents is 1. The van der Waals surface area contributed by atoms with Crippen molar-refractivity contribution in [3.63, 3.8) is 0 Å². The smallest absolute Gasteiger partial charge is 0.123 e. The summed E-state index contributed by atoms with van der Waals surface area (Å²) >= 11 is 0. The fraction of sp³-hybridized carbons (Fsp3) is 0.333. The van der Waals surface area contributed by atoms with E-state index in [0.29, 0.717) is 5.75 Å². The van der Waals surface area contributed by atoms with E-state index < -0.39 is 0 Å². The Balaban J connectivity index is 1.51. The lowest BCUT2D eigenvalue weighted by molar-refractivity contribution is 0.313. The number of benzene rings is 2. The van der Waals surface area contributed by atoms with Gasteiger partial charge in [-0.05, 0) is 42.9 Å². The van der Waals surface area contributed by atoms with Crippen LogP contribution in [0.1, 0.15) is 11.7 Å². The van der Waals surface area contributed by atoms with E-state index in [-0.39, 0.29) is 6.17 Å². The highest BCUT2D eigenvalue weighted by Gasteiger charge is 2.22. The summed E-state index contributed by atoms with van der Waals surface area (Å²) in [5, 5.41) is 16.4. The molecule has 0 bridgehead atoms. The van der Waals surface area contributed by atoms with E-state index in [1.807, 2.05) is 12.1 Å². The summed E-state index contributed by atoms with van der Waals surface area (Å²) in [4.78, 5) is 4.81. The van der Waals surface area contributed by atoms with Gasteiger partial charge in [-0.2, -0.15) is 0 Å². The molecule has 5 heteroatoms. The summed E-state index contributed by atoms with van der Waals surface area (Å²) < 4.78 is 0. The molecule has 0 saturated carbocycles. The second-order valence-electron chi connectivity index (χ2n) is 6.33. The van der Waals surface area contributed by atoms with Crippen molar-refractivity contribution < 1.29 is 5.11 Å². The zero-order valence-corrected chi connectivity index (χ0v) is 13.3. The van der Waals surface area contributed by atoms with Crippen LogP contribution in [0.4, 0.5) is 17.1 Å². The molecule has 3 N–H and O–H groups in total. The minimum absolute atomic E-state index is 0.0494. The second-order valence-corrected chi connectivity index (χ2v) is 6.33. The van der Waals surface area contributed by atoms with Gasteiger partial charge >= 0.3 is 0 Å². The summed E-state index contributed by atoms with van der Waals surface area (Å²) in [6.07, 6.45) is 0.0494. The number of anilines is 3. The summed E-state index contributed by atoms with van der Waals surface area (Å²) in [5.41, 5.74) is 4.65. The molecule has 2 aliphatic heterocycles. The van der Waals surface area contributed by atoms with E-state index in [4.69, 9.17) is 0 Å². The molecule has 1 saturated heterocycles. The highest BCUT2D eigenvalue weighted by molar-refractivity contribution is 5.79. The fourth-order valence-corrected chi connectivity index (χ4v) is 3.22. The zero-order chi connectivity index (χ0) is 15.8. The Morgan fingerprint density at radius 2 is 1.61 bits per heavy atom. The Bertz CT molecular complexity index is 693. The molecule has 2 aromatic carbocycles. The predicted molar refractivity (Wildman–Crippen MR) is 94.2 cm³/mol. The van der Waals surface area contributed by atoms with E-state index in [0.717, 1.165) is 43.1 Å². The Hall–Kier alpha value is -2.40. The Morgan fingerprint density at radius 3 is 2.35 bits per heavy atom. The van der Waals surface area contributed by atoms with Gasteiger partial charge in [0.2, 0.25) is 0 Å². The van der Waals surface area contributed by atoms with Gasteiger partial charge in [-0.3, -0.25) is 0 Å². The molecular formula is C18H22N4O. The predicted octanol–water partition coefficient (Wildman–Crippen LogP) is 2.68. The third-order valence-electron chi connectivity index (χ3n) is 4.70. The molecule has 0 aliphatic carbocycles. The normalized spacial score (nSPS) is 20.7. The van der Waals surface area contributed by atoms with Crippen LogP contribution in [0.15, 0.2) is 42.5 Å². The first-order chi connectivity index (χ1) is 11.2. The van der Waals surface area contributed by atoms with E-state index >= 15 is 0 Å². The van der Waals surface area contributed by atoms with Crippen molar-refractivity contribution in [1.82, 2.24) is 4.90 Å². The number of rotatable bonds is 2. The molecule has 2 aliphatic rings. The van der Waals surface area contributed by atoms with E-state index in [1.54, 1.807) is 12.1 Å². The lowest BCUT2D eigenvalue weighted by Crippen LogP contribution is -2.44. The van der Waals surface area contributed by atoms with Gasteiger partial charge in [0.25, 0.3) is 0 Å². The molecule has 120 valence electrons. The summed E-state index contributed by atoms with van der Waals surface area (Å²) in [6.45, 7) is 4.37. The van der Waals surface area contributed by atoms with Crippen LogP contribution < -0.4 is 15.5 Å². The summed E-state index contributed by atoms with van der Waals surface area (Å²) in [7, 11) is 2.17. The molecule has 0 amide bonds. The topological polar surface area (TPSA) is 50.8 Å². The number of nitrogens with zero attached hydrogens (tertiary/aromatic N) is 2. The number of piperazine rings is 1. The first-order valence-electron chi connectivity index (χ1n) is 8.08. The van der Waals surface area contributed by atoms with E-state index in [9.17, 15) is 5.11 Å². The first kappa shape index (κ1) is 14.2. The Morgan fingerprint density at radius 1 is 0.913 bits per heavy atom. The number of fused-ring (bicyclic) bond motifs is 1. The zero-order valence-electron chi connectivity index (χ0n) is 13.3. The van der Waals surface area contributed by atoms with Crippen LogP contribution >= 0.6 is 0 Å². The molecule has 1 atom stereocenters. The number of hydrogen-bond donors (Lipinski definition) is 3. The van der Waals surface area contributed by atoms with Crippen LogP contribution in [0, 0.1) is 0 Å². The molecule has 0 spiro atoms. The second kappa shape index (κ2) is 5.66. The number of nitrogens with one attached hydrogen (secondary N) is 2. The van der Waals surface area contributed by atoms with Crippen LogP contribution in [0.2, 0.25) is 0 Å². The molecule has 4 rings (SSSR count). The quantitative estimate of drug-likeness (QED) is 0.796. The first-order valence-corrected chi connectivity index (χ1v) is 8.08. The third kappa shape index (κ3) is 2.80. The minimum atomic E-state index is 0.0494. The monoisotopic (exact) mass is 310 g/mol. The molecule has 5 nitrogen and oxygen atoms in total. The minimum Gasteiger partial charge on any atom is -0.508 e. The maximum absolute atomic E-state index is 9.42. The third-order valence-corrected chi connectivity index (χ3v) is 4.70. The van der Waals surface area contributed by atoms with Gasteiger partial charge < -0.3 is 25.5 Å². The van der Waals surface area contributed by atoms with Crippen LogP contribution in [0.25, 0.3) is 0 Å². The summed E-state index contributed by atoms with van der Waals surface area (Å²) in [6, 6.07) is 13.9. The number of aromatic hydroxyl groups is 1. The van der Waals surface area contributed by atoms with Gasteiger partial charge in [0.05, 0.1) is 11.4 Å². The van der Waals surface area contributed by atoms with Crippen molar-refractivity contribution in [2.24, 2.45) is 0 Å². The lowest BCUT2D eigenvalue weighted by Gasteiger charge is -2.34. The van der Waals surface area contributed by atoms with Crippen molar-refractivity contribution in [2.45, 2.75) is 6.17 Å². The maximum Gasteiger partial charge on any atom is 0.123 e. The van der Waals surface area contributed by atoms with Crippen molar-refractivity contribution in [3.8, 4) is 5.75 Å². The number of likely N-dealkylation sites (N-methyl/N-ethyl adjacent to an activating group) is 1. The molecule has 0 aromatic heterocycles. The van der Waals surface area contributed by atoms with Gasteiger partial charge in [-0.15, -0.1) is 0 Å². The molecule has 23 heavy (non-hydrogen) atoms. The van der Waals surface area contributed by atoms with Crippen LogP contribution in [0.3, 0.4) is 0 Å². The highest BCUT2D eigenvalue weighted by Crippen LogP contribution is 2.38. The molecule has 0 radical (unpaired) electrons. The van der Waals surface area contributed by atoms with Crippen molar-refractivity contribution in [2.75, 3.05) is 48.8 Å². The number of phenols is 1. The van der Waals surface area contributed by atoms with Gasteiger partial charge in [-0.1, -0.05) is 12.1 Å². The van der Waals surface area contributed by atoms with Crippen molar-refractivity contribution >= 4 is 17.1 Å². The maximum atomic E-state index is 9.42. The molecule has 2 heterocycles. The SMILES string of the molecule is CN1CCN(c2ccc3c(c2)NC(c2ccc(O)cc2)N3)CC1. The highest BCUT2D eigenvalue weighted by atomic mass is 16.3. The average Bonchev–Trinajstić information content (AvgIpc) is 2.99. The van der Waals surface area contributed by atoms with Crippen LogP contribution in [-0.2, 0) is 0 Å². The molecule has 1 unspecified atom stereocenters. The Labute approximate surface area is 136 Å². The number of hydrogen-bond acceptors (Lipinski definition) is 5. The molecular weight excluding hydrogens is 288 g/mol.